The summed E-state index contributed by atoms with van der Waals surface area (Å²) in [5.74, 6) is 0.239. The topological polar surface area (TPSA) is 33.2 Å². The Balaban J connectivity index is 2.26. The summed E-state index contributed by atoms with van der Waals surface area (Å²) in [5.41, 5.74) is 2.18. The molecular weight excluding hydrogens is 200 g/mol. The molecule has 2 rings (SSSR count). The van der Waals surface area contributed by atoms with Crippen molar-refractivity contribution in [1.82, 2.24) is 4.98 Å². The normalized spacial score (nSPS) is 15.8. The lowest BCUT2D eigenvalue weighted by molar-refractivity contribution is -0.115. The lowest BCUT2D eigenvalue weighted by Crippen LogP contribution is -2.24. The maximum Gasteiger partial charge on any atom is 0.157 e. The van der Waals surface area contributed by atoms with Gasteiger partial charge in [0, 0.05) is 30.9 Å². The van der Waals surface area contributed by atoms with Crippen LogP contribution in [0.25, 0.3) is 0 Å². The minimum Gasteiger partial charge on any atom is -0.344 e. The third kappa shape index (κ3) is 2.30. The fourth-order valence-electron chi connectivity index (χ4n) is 2.05. The van der Waals surface area contributed by atoms with Crippen molar-refractivity contribution in [3.05, 3.63) is 36.3 Å². The number of carbonyl (C=O) groups excluding carboxylic acids is 1. The molecule has 1 aromatic rings. The molecule has 0 fully saturated rings. The molecule has 16 heavy (non-hydrogen) atoms. The van der Waals surface area contributed by atoms with Crippen LogP contribution in [0.15, 0.2) is 36.3 Å². The van der Waals surface area contributed by atoms with Crippen molar-refractivity contribution in [1.29, 1.82) is 0 Å². The molecule has 0 amide bonds. The van der Waals surface area contributed by atoms with Crippen molar-refractivity contribution in [3.63, 3.8) is 0 Å². The van der Waals surface area contributed by atoms with Gasteiger partial charge in [-0.3, -0.25) is 9.78 Å². The Morgan fingerprint density at radius 3 is 2.94 bits per heavy atom. The van der Waals surface area contributed by atoms with Gasteiger partial charge in [0.25, 0.3) is 0 Å². The highest BCUT2D eigenvalue weighted by Crippen LogP contribution is 2.24. The van der Waals surface area contributed by atoms with Gasteiger partial charge in [-0.1, -0.05) is 0 Å². The van der Waals surface area contributed by atoms with E-state index in [4.69, 9.17) is 0 Å². The van der Waals surface area contributed by atoms with Gasteiger partial charge in [-0.15, -0.1) is 0 Å². The fourth-order valence-corrected chi connectivity index (χ4v) is 2.05. The second-order valence-electron chi connectivity index (χ2n) is 3.91. The molecule has 0 spiro atoms. The van der Waals surface area contributed by atoms with E-state index in [1.54, 1.807) is 12.3 Å². The third-order valence-corrected chi connectivity index (χ3v) is 2.80. The summed E-state index contributed by atoms with van der Waals surface area (Å²) in [7, 11) is 0. The molecule has 0 radical (unpaired) electrons. The van der Waals surface area contributed by atoms with Gasteiger partial charge in [0.1, 0.15) is 0 Å². The average molecular weight is 216 g/mol. The molecule has 0 aromatic carbocycles. The van der Waals surface area contributed by atoms with Crippen LogP contribution in [0.4, 0.5) is 5.69 Å². The van der Waals surface area contributed by atoms with Crippen molar-refractivity contribution >= 4 is 11.5 Å². The Hall–Kier alpha value is -1.64. The molecule has 0 saturated carbocycles. The summed E-state index contributed by atoms with van der Waals surface area (Å²) < 4.78 is 0. The summed E-state index contributed by atoms with van der Waals surface area (Å²) in [5, 5.41) is 0. The lowest BCUT2D eigenvalue weighted by Gasteiger charge is -2.27. The second-order valence-corrected chi connectivity index (χ2v) is 3.91. The predicted octanol–water partition coefficient (Wildman–Crippen LogP) is 2.54. The summed E-state index contributed by atoms with van der Waals surface area (Å²) in [6.45, 7) is 2.96. The Kier molecular flexibility index (Phi) is 3.34. The first-order valence-electron chi connectivity index (χ1n) is 5.72. The first kappa shape index (κ1) is 10.9. The van der Waals surface area contributed by atoms with Gasteiger partial charge in [-0.05, 0) is 31.9 Å². The van der Waals surface area contributed by atoms with Crippen LogP contribution < -0.4 is 4.90 Å². The van der Waals surface area contributed by atoms with Crippen LogP contribution in [0, 0.1) is 0 Å². The standard InChI is InChI=1S/C13H16N2O/c1-2-15(12-6-4-8-14-10-12)11-5-3-7-13(16)9-11/h4,6,8-10H,2-3,5,7H2,1H3. The zero-order chi connectivity index (χ0) is 11.4. The quantitative estimate of drug-likeness (QED) is 0.778. The first-order valence-corrected chi connectivity index (χ1v) is 5.72. The van der Waals surface area contributed by atoms with E-state index >= 15 is 0 Å². The molecule has 0 saturated heterocycles. The van der Waals surface area contributed by atoms with Crippen molar-refractivity contribution < 1.29 is 4.79 Å². The highest BCUT2D eigenvalue weighted by atomic mass is 16.1. The van der Waals surface area contributed by atoms with Crippen molar-refractivity contribution in [3.8, 4) is 0 Å². The molecule has 3 nitrogen and oxygen atoms in total. The van der Waals surface area contributed by atoms with Crippen LogP contribution >= 0.6 is 0 Å². The highest BCUT2D eigenvalue weighted by molar-refractivity contribution is 5.91. The van der Waals surface area contributed by atoms with Gasteiger partial charge in [0.2, 0.25) is 0 Å². The summed E-state index contributed by atoms with van der Waals surface area (Å²) in [6, 6.07) is 3.94. The van der Waals surface area contributed by atoms with Gasteiger partial charge >= 0.3 is 0 Å². The Bertz CT molecular complexity index is 398. The van der Waals surface area contributed by atoms with Crippen LogP contribution in [-0.4, -0.2) is 17.3 Å². The largest absolute Gasteiger partial charge is 0.344 e. The molecule has 0 unspecified atom stereocenters. The Labute approximate surface area is 95.8 Å². The first-order chi connectivity index (χ1) is 7.81. The van der Waals surface area contributed by atoms with Crippen LogP contribution in [0.2, 0.25) is 0 Å². The van der Waals surface area contributed by atoms with Crippen LogP contribution in [-0.2, 0) is 4.79 Å². The fraction of sp³-hybridized carbons (Fsp3) is 0.385. The van der Waals surface area contributed by atoms with Crippen LogP contribution in [0.1, 0.15) is 26.2 Å². The zero-order valence-electron chi connectivity index (χ0n) is 9.52. The number of allylic oxidation sites excluding steroid dienone is 2. The minimum absolute atomic E-state index is 0.239. The predicted molar refractivity (Wildman–Crippen MR) is 64.2 cm³/mol. The number of ketones is 1. The third-order valence-electron chi connectivity index (χ3n) is 2.80. The summed E-state index contributed by atoms with van der Waals surface area (Å²) in [6.07, 6.45) is 8.01. The molecule has 0 N–H and O–H groups in total. The number of nitrogens with zero attached hydrogens (tertiary/aromatic N) is 2. The molecule has 1 aliphatic carbocycles. The number of hydrogen-bond acceptors (Lipinski definition) is 3. The Morgan fingerprint density at radius 1 is 1.44 bits per heavy atom. The van der Waals surface area contributed by atoms with Crippen molar-refractivity contribution in [2.75, 3.05) is 11.4 Å². The highest BCUT2D eigenvalue weighted by Gasteiger charge is 2.15. The van der Waals surface area contributed by atoms with E-state index in [1.807, 2.05) is 18.3 Å². The number of rotatable bonds is 3. The van der Waals surface area contributed by atoms with E-state index < -0.39 is 0 Å². The SMILES string of the molecule is CCN(C1=CC(=O)CCC1)c1cccnc1. The molecule has 1 aromatic heterocycles. The smallest absolute Gasteiger partial charge is 0.157 e. The number of anilines is 1. The number of pyridine rings is 1. The summed E-state index contributed by atoms with van der Waals surface area (Å²) in [4.78, 5) is 17.7. The maximum atomic E-state index is 11.4. The lowest BCUT2D eigenvalue weighted by atomic mass is 10.0. The Morgan fingerprint density at radius 2 is 2.31 bits per heavy atom. The molecule has 0 atom stereocenters. The second kappa shape index (κ2) is 4.92. The van der Waals surface area contributed by atoms with Gasteiger partial charge in [-0.2, -0.15) is 0 Å². The van der Waals surface area contributed by atoms with Crippen molar-refractivity contribution in [2.45, 2.75) is 26.2 Å². The number of carbonyl (C=O) groups is 1. The van der Waals surface area contributed by atoms with Crippen LogP contribution in [0.3, 0.4) is 0 Å². The molecule has 3 heteroatoms. The molecule has 0 aliphatic heterocycles. The van der Waals surface area contributed by atoms with E-state index in [-0.39, 0.29) is 5.78 Å². The zero-order valence-corrected chi connectivity index (χ0v) is 9.52. The van der Waals surface area contributed by atoms with E-state index in [1.165, 1.54) is 0 Å². The molecule has 0 bridgehead atoms. The number of aromatic nitrogens is 1. The number of hydrogen-bond donors (Lipinski definition) is 0. The van der Waals surface area contributed by atoms with Gasteiger partial charge in [0.05, 0.1) is 11.9 Å². The monoisotopic (exact) mass is 216 g/mol. The summed E-state index contributed by atoms with van der Waals surface area (Å²) >= 11 is 0. The minimum atomic E-state index is 0.239. The van der Waals surface area contributed by atoms with E-state index in [2.05, 4.69) is 16.8 Å². The molecule has 1 aliphatic rings. The van der Waals surface area contributed by atoms with Gasteiger partial charge in [-0.25, -0.2) is 0 Å². The van der Waals surface area contributed by atoms with Crippen molar-refractivity contribution in [2.24, 2.45) is 0 Å². The average Bonchev–Trinajstić information content (AvgIpc) is 2.31. The van der Waals surface area contributed by atoms with E-state index in [0.717, 1.165) is 30.8 Å². The molecular formula is C13H16N2O. The van der Waals surface area contributed by atoms with E-state index in [9.17, 15) is 4.79 Å². The van der Waals surface area contributed by atoms with Crippen LogP contribution in [0.5, 0.6) is 0 Å². The molecule has 1 heterocycles. The van der Waals surface area contributed by atoms with E-state index in [0.29, 0.717) is 6.42 Å². The molecule has 84 valence electrons. The van der Waals surface area contributed by atoms with Gasteiger partial charge in [0.15, 0.2) is 5.78 Å². The maximum absolute atomic E-state index is 11.4. The van der Waals surface area contributed by atoms with Gasteiger partial charge < -0.3 is 4.90 Å².